The van der Waals surface area contributed by atoms with E-state index in [2.05, 4.69) is 10.2 Å². The van der Waals surface area contributed by atoms with Gasteiger partial charge in [0.25, 0.3) is 0 Å². The van der Waals surface area contributed by atoms with Gasteiger partial charge in [-0.1, -0.05) is 42.1 Å². The van der Waals surface area contributed by atoms with Gasteiger partial charge >= 0.3 is 0 Å². The molecule has 26 heavy (non-hydrogen) atoms. The van der Waals surface area contributed by atoms with E-state index in [0.717, 1.165) is 5.56 Å². The van der Waals surface area contributed by atoms with E-state index in [-0.39, 0.29) is 5.78 Å². The fourth-order valence-electron chi connectivity index (χ4n) is 2.50. The lowest BCUT2D eigenvalue weighted by molar-refractivity contribution is 0.102. The highest BCUT2D eigenvalue weighted by atomic mass is 32.2. The predicted octanol–water partition coefficient (Wildman–Crippen LogP) is 3.47. The lowest BCUT2D eigenvalue weighted by atomic mass is 10.2. The fourth-order valence-corrected chi connectivity index (χ4v) is 3.31. The zero-order chi connectivity index (χ0) is 18.5. The van der Waals surface area contributed by atoms with Crippen LogP contribution in [0.1, 0.15) is 10.4 Å². The Morgan fingerprint density at radius 1 is 1.04 bits per heavy atom. The number of thioether (sulfide) groups is 1. The second kappa shape index (κ2) is 8.05. The summed E-state index contributed by atoms with van der Waals surface area (Å²) in [6.45, 7) is 0. The third kappa shape index (κ3) is 3.72. The molecule has 0 spiro atoms. The Morgan fingerprint density at radius 2 is 1.77 bits per heavy atom. The molecule has 1 aromatic heterocycles. The second-order valence-corrected chi connectivity index (χ2v) is 6.46. The largest absolute Gasteiger partial charge is 0.493 e. The lowest BCUT2D eigenvalue weighted by Gasteiger charge is -2.09. The molecule has 134 valence electrons. The number of aromatic nitrogens is 3. The number of benzene rings is 2. The maximum Gasteiger partial charge on any atom is 0.191 e. The highest BCUT2D eigenvalue weighted by molar-refractivity contribution is 7.99. The quantitative estimate of drug-likeness (QED) is 0.469. The van der Waals surface area contributed by atoms with Gasteiger partial charge in [-0.3, -0.25) is 4.79 Å². The van der Waals surface area contributed by atoms with Gasteiger partial charge in [-0.2, -0.15) is 0 Å². The Balaban J connectivity index is 1.77. The molecular weight excluding hydrogens is 350 g/mol. The summed E-state index contributed by atoms with van der Waals surface area (Å²) >= 11 is 1.37. The molecular formula is C19H19N3O3S. The van der Waals surface area contributed by atoms with Crippen molar-refractivity contribution in [2.45, 2.75) is 5.16 Å². The Bertz CT molecular complexity index is 910. The Kier molecular flexibility index (Phi) is 5.58. The summed E-state index contributed by atoms with van der Waals surface area (Å²) in [6, 6.07) is 14.8. The third-order valence-corrected chi connectivity index (χ3v) is 4.93. The number of nitrogens with zero attached hydrogens (tertiary/aromatic N) is 3. The monoisotopic (exact) mass is 369 g/mol. The van der Waals surface area contributed by atoms with Gasteiger partial charge in [0.1, 0.15) is 0 Å². The van der Waals surface area contributed by atoms with Crippen LogP contribution in [0.5, 0.6) is 11.5 Å². The van der Waals surface area contributed by atoms with Crippen LogP contribution in [0.15, 0.2) is 53.7 Å². The maximum atomic E-state index is 12.3. The van der Waals surface area contributed by atoms with Crippen LogP contribution in [0.2, 0.25) is 0 Å². The summed E-state index contributed by atoms with van der Waals surface area (Å²) in [5.74, 6) is 2.34. The maximum absolute atomic E-state index is 12.3. The van der Waals surface area contributed by atoms with Crippen LogP contribution in [0.4, 0.5) is 0 Å². The van der Waals surface area contributed by atoms with Gasteiger partial charge in [-0.15, -0.1) is 10.2 Å². The predicted molar refractivity (Wildman–Crippen MR) is 101 cm³/mol. The van der Waals surface area contributed by atoms with E-state index in [1.54, 1.807) is 14.2 Å². The topological polar surface area (TPSA) is 66.2 Å². The molecule has 0 N–H and O–H groups in total. The fraction of sp³-hybridized carbons (Fsp3) is 0.211. The van der Waals surface area contributed by atoms with Crippen molar-refractivity contribution < 1.29 is 14.3 Å². The second-order valence-electron chi connectivity index (χ2n) is 5.51. The molecule has 0 bridgehead atoms. The van der Waals surface area contributed by atoms with E-state index in [4.69, 9.17) is 9.47 Å². The van der Waals surface area contributed by atoms with Gasteiger partial charge in [0, 0.05) is 18.2 Å². The number of ether oxygens (including phenoxy) is 2. The molecule has 0 saturated carbocycles. The molecule has 0 aliphatic carbocycles. The first-order valence-corrected chi connectivity index (χ1v) is 8.95. The first kappa shape index (κ1) is 18.0. The summed E-state index contributed by atoms with van der Waals surface area (Å²) in [7, 11) is 5.06. The molecule has 7 heteroatoms. The van der Waals surface area contributed by atoms with Crippen molar-refractivity contribution in [1.82, 2.24) is 14.8 Å². The van der Waals surface area contributed by atoms with Gasteiger partial charge in [-0.25, -0.2) is 0 Å². The molecule has 2 aromatic carbocycles. The summed E-state index contributed by atoms with van der Waals surface area (Å²) in [5, 5.41) is 9.14. The lowest BCUT2D eigenvalue weighted by Crippen LogP contribution is -2.03. The molecule has 3 aromatic rings. The highest BCUT2D eigenvalue weighted by Gasteiger charge is 2.15. The van der Waals surface area contributed by atoms with Crippen molar-refractivity contribution in [3.8, 4) is 22.9 Å². The van der Waals surface area contributed by atoms with Crippen molar-refractivity contribution in [2.24, 2.45) is 7.05 Å². The number of methoxy groups -OCH3 is 2. The van der Waals surface area contributed by atoms with Crippen molar-refractivity contribution in [1.29, 1.82) is 0 Å². The summed E-state index contributed by atoms with van der Waals surface area (Å²) < 4.78 is 12.5. The molecule has 6 nitrogen and oxygen atoms in total. The SMILES string of the molecule is COc1ccc(-c2nnc(SCC(=O)c3ccccc3)n2C)cc1OC. The normalized spacial score (nSPS) is 10.6. The smallest absolute Gasteiger partial charge is 0.191 e. The van der Waals surface area contributed by atoms with Gasteiger partial charge in [0.05, 0.1) is 20.0 Å². The standard InChI is InChI=1S/C19H19N3O3S/c1-22-18(14-9-10-16(24-2)17(11-14)25-3)20-21-19(22)26-12-15(23)13-7-5-4-6-8-13/h4-11H,12H2,1-3H3. The third-order valence-electron chi connectivity index (χ3n) is 3.90. The summed E-state index contributed by atoms with van der Waals surface area (Å²) in [6.07, 6.45) is 0. The first-order valence-electron chi connectivity index (χ1n) is 7.97. The first-order chi connectivity index (χ1) is 12.6. The Labute approximate surface area is 156 Å². The van der Waals surface area contributed by atoms with Crippen LogP contribution in [-0.2, 0) is 7.05 Å². The van der Waals surface area contributed by atoms with Crippen LogP contribution in [0.25, 0.3) is 11.4 Å². The zero-order valence-corrected chi connectivity index (χ0v) is 15.6. The summed E-state index contributed by atoms with van der Waals surface area (Å²) in [4.78, 5) is 12.3. The molecule has 0 unspecified atom stereocenters. The van der Waals surface area contributed by atoms with Gasteiger partial charge < -0.3 is 14.0 Å². The molecule has 3 rings (SSSR count). The minimum atomic E-state index is 0.0614. The minimum Gasteiger partial charge on any atom is -0.493 e. The average molecular weight is 369 g/mol. The van der Waals surface area contributed by atoms with E-state index >= 15 is 0 Å². The van der Waals surface area contributed by atoms with E-state index < -0.39 is 0 Å². The van der Waals surface area contributed by atoms with E-state index in [0.29, 0.717) is 33.8 Å². The van der Waals surface area contributed by atoms with Crippen molar-refractivity contribution in [2.75, 3.05) is 20.0 Å². The molecule has 0 atom stereocenters. The van der Waals surface area contributed by atoms with Crippen LogP contribution < -0.4 is 9.47 Å². The molecule has 0 saturated heterocycles. The number of hydrogen-bond donors (Lipinski definition) is 0. The van der Waals surface area contributed by atoms with Crippen molar-refractivity contribution >= 4 is 17.5 Å². The molecule has 0 aliphatic heterocycles. The molecule has 1 heterocycles. The number of carbonyl (C=O) groups excluding carboxylic acids is 1. The molecule has 0 radical (unpaired) electrons. The minimum absolute atomic E-state index is 0.0614. The zero-order valence-electron chi connectivity index (χ0n) is 14.8. The van der Waals surface area contributed by atoms with Crippen LogP contribution in [0.3, 0.4) is 0 Å². The van der Waals surface area contributed by atoms with Gasteiger partial charge in [0.2, 0.25) is 0 Å². The number of ketones is 1. The molecule has 0 amide bonds. The van der Waals surface area contributed by atoms with E-state index in [1.165, 1.54) is 11.8 Å². The number of rotatable bonds is 7. The summed E-state index contributed by atoms with van der Waals surface area (Å²) in [5.41, 5.74) is 1.56. The molecule has 0 fully saturated rings. The van der Waals surface area contributed by atoms with Crippen LogP contribution in [-0.4, -0.2) is 40.5 Å². The van der Waals surface area contributed by atoms with Gasteiger partial charge in [-0.05, 0) is 18.2 Å². The average Bonchev–Trinajstić information content (AvgIpc) is 3.06. The van der Waals surface area contributed by atoms with E-state index in [9.17, 15) is 4.79 Å². The number of Topliss-reactive ketones (excluding diaryl/α,β-unsaturated/α-hetero) is 1. The Morgan fingerprint density at radius 3 is 2.46 bits per heavy atom. The van der Waals surface area contributed by atoms with Gasteiger partial charge in [0.15, 0.2) is 28.3 Å². The van der Waals surface area contributed by atoms with Crippen molar-refractivity contribution in [3.05, 3.63) is 54.1 Å². The van der Waals surface area contributed by atoms with E-state index in [1.807, 2.05) is 60.1 Å². The Hall–Kier alpha value is -2.80. The van der Waals surface area contributed by atoms with Crippen molar-refractivity contribution in [3.63, 3.8) is 0 Å². The van der Waals surface area contributed by atoms with Crippen LogP contribution >= 0.6 is 11.8 Å². The van der Waals surface area contributed by atoms with Crippen LogP contribution in [0, 0.1) is 0 Å². The molecule has 0 aliphatic rings. The number of hydrogen-bond acceptors (Lipinski definition) is 6. The number of carbonyl (C=O) groups is 1. The highest BCUT2D eigenvalue weighted by Crippen LogP contribution is 2.32.